The number of rotatable bonds is 7. The first kappa shape index (κ1) is 21.3. The molecule has 0 radical (unpaired) electrons. The number of aliphatic carboxylic acids is 1. The number of carbonyl (C=O) groups excluding carboxylic acids is 2. The third-order valence-corrected chi connectivity index (χ3v) is 5.65. The van der Waals surface area contributed by atoms with Crippen molar-refractivity contribution in [2.24, 2.45) is 0 Å². The Bertz CT molecular complexity index is 1120. The van der Waals surface area contributed by atoms with Crippen LogP contribution in [0.3, 0.4) is 0 Å². The number of aromatic nitrogens is 2. The van der Waals surface area contributed by atoms with E-state index in [2.05, 4.69) is 15.7 Å². The van der Waals surface area contributed by atoms with E-state index >= 15 is 0 Å². The second kappa shape index (κ2) is 9.05. The smallest absolute Gasteiger partial charge is 0.305 e. The average molecular weight is 432 g/mol. The van der Waals surface area contributed by atoms with E-state index in [1.807, 2.05) is 36.4 Å². The molecule has 32 heavy (non-hydrogen) atoms. The number of hydrogen-bond donors (Lipinski definition) is 3. The van der Waals surface area contributed by atoms with Crippen molar-refractivity contribution in [3.8, 4) is 5.69 Å². The molecule has 1 aromatic heterocycles. The van der Waals surface area contributed by atoms with E-state index in [9.17, 15) is 19.5 Å². The monoisotopic (exact) mass is 432 g/mol. The van der Waals surface area contributed by atoms with Gasteiger partial charge in [0.2, 0.25) is 0 Å². The lowest BCUT2D eigenvalue weighted by Crippen LogP contribution is -2.48. The second-order valence-corrected chi connectivity index (χ2v) is 7.99. The van der Waals surface area contributed by atoms with Crippen LogP contribution in [0.2, 0.25) is 0 Å². The van der Waals surface area contributed by atoms with Crippen molar-refractivity contribution < 1.29 is 19.5 Å². The lowest BCUT2D eigenvalue weighted by atomic mass is 9.93. The van der Waals surface area contributed by atoms with Crippen molar-refractivity contribution in [2.75, 3.05) is 5.32 Å². The van der Waals surface area contributed by atoms with Crippen LogP contribution in [0.1, 0.15) is 53.0 Å². The fourth-order valence-electron chi connectivity index (χ4n) is 4.12. The van der Waals surface area contributed by atoms with Gasteiger partial charge in [-0.25, -0.2) is 4.68 Å². The number of carboxylic acid groups (broad SMARTS) is 1. The summed E-state index contributed by atoms with van der Waals surface area (Å²) in [5, 5.41) is 19.5. The molecule has 8 nitrogen and oxygen atoms in total. The zero-order chi connectivity index (χ0) is 22.6. The number of benzene rings is 2. The summed E-state index contributed by atoms with van der Waals surface area (Å²) in [5.41, 5.74) is 0.489. The number of nitrogens with zero attached hydrogens (tertiary/aromatic N) is 2. The zero-order valence-electron chi connectivity index (χ0n) is 17.5. The highest BCUT2D eigenvalue weighted by Crippen LogP contribution is 2.33. The third kappa shape index (κ3) is 4.69. The Hall–Kier alpha value is -3.94. The first-order valence-electron chi connectivity index (χ1n) is 10.5. The van der Waals surface area contributed by atoms with Crippen molar-refractivity contribution >= 4 is 23.6 Å². The number of anilines is 1. The highest BCUT2D eigenvalue weighted by Gasteiger charge is 2.38. The molecule has 1 saturated carbocycles. The molecule has 1 aliphatic carbocycles. The SMILES string of the molecule is O=C(O)CC1(NC(=O)c2cc(NC(=O)c3ccccc3)n(-c3ccccc3)n2)CCCC1. The van der Waals surface area contributed by atoms with Crippen LogP contribution in [0.25, 0.3) is 5.69 Å². The molecule has 3 aromatic rings. The van der Waals surface area contributed by atoms with Gasteiger partial charge in [-0.05, 0) is 37.1 Å². The van der Waals surface area contributed by atoms with Gasteiger partial charge in [-0.3, -0.25) is 14.4 Å². The first-order chi connectivity index (χ1) is 15.5. The second-order valence-electron chi connectivity index (χ2n) is 7.99. The van der Waals surface area contributed by atoms with Crippen LogP contribution in [0.5, 0.6) is 0 Å². The number of carbonyl (C=O) groups is 3. The van der Waals surface area contributed by atoms with Crippen LogP contribution in [-0.4, -0.2) is 38.2 Å². The summed E-state index contributed by atoms with van der Waals surface area (Å²) in [7, 11) is 0. The number of nitrogens with one attached hydrogen (secondary N) is 2. The molecule has 3 N–H and O–H groups in total. The van der Waals surface area contributed by atoms with Gasteiger partial charge in [0.1, 0.15) is 5.82 Å². The van der Waals surface area contributed by atoms with E-state index in [-0.39, 0.29) is 18.0 Å². The first-order valence-corrected chi connectivity index (χ1v) is 10.5. The Kier molecular flexibility index (Phi) is 6.02. The van der Waals surface area contributed by atoms with Crippen LogP contribution in [0.4, 0.5) is 5.82 Å². The summed E-state index contributed by atoms with van der Waals surface area (Å²) >= 11 is 0. The van der Waals surface area contributed by atoms with E-state index in [4.69, 9.17) is 0 Å². The predicted molar refractivity (Wildman–Crippen MR) is 119 cm³/mol. The van der Waals surface area contributed by atoms with Crippen molar-refractivity contribution in [1.29, 1.82) is 0 Å². The summed E-state index contributed by atoms with van der Waals surface area (Å²) in [6.45, 7) is 0. The molecule has 164 valence electrons. The molecule has 0 aliphatic heterocycles. The maximum Gasteiger partial charge on any atom is 0.305 e. The number of carboxylic acids is 1. The van der Waals surface area contributed by atoms with E-state index in [0.717, 1.165) is 12.8 Å². The van der Waals surface area contributed by atoms with Crippen LogP contribution < -0.4 is 10.6 Å². The molecule has 0 unspecified atom stereocenters. The van der Waals surface area contributed by atoms with Crippen LogP contribution in [-0.2, 0) is 4.79 Å². The van der Waals surface area contributed by atoms with Crippen molar-refractivity contribution in [1.82, 2.24) is 15.1 Å². The Balaban J connectivity index is 1.63. The summed E-state index contributed by atoms with van der Waals surface area (Å²) in [5.74, 6) is -1.39. The van der Waals surface area contributed by atoms with E-state index in [1.165, 1.54) is 10.7 Å². The quantitative estimate of drug-likeness (QED) is 0.528. The molecular formula is C24H24N4O4. The summed E-state index contributed by atoms with van der Waals surface area (Å²) in [4.78, 5) is 37.1. The summed E-state index contributed by atoms with van der Waals surface area (Å²) < 4.78 is 1.49. The van der Waals surface area contributed by atoms with Crippen molar-refractivity contribution in [3.63, 3.8) is 0 Å². The number of amides is 2. The molecule has 8 heteroatoms. The fourth-order valence-corrected chi connectivity index (χ4v) is 4.12. The molecule has 2 aromatic carbocycles. The molecule has 0 atom stereocenters. The van der Waals surface area contributed by atoms with Gasteiger partial charge in [-0.1, -0.05) is 49.2 Å². The number of hydrogen-bond acceptors (Lipinski definition) is 4. The summed E-state index contributed by atoms with van der Waals surface area (Å²) in [6, 6.07) is 19.4. The van der Waals surface area contributed by atoms with E-state index in [1.54, 1.807) is 24.3 Å². The van der Waals surface area contributed by atoms with Crippen LogP contribution in [0.15, 0.2) is 66.7 Å². The Morgan fingerprint density at radius 2 is 1.56 bits per heavy atom. The highest BCUT2D eigenvalue weighted by atomic mass is 16.4. The van der Waals surface area contributed by atoms with Crippen molar-refractivity contribution in [2.45, 2.75) is 37.6 Å². The van der Waals surface area contributed by atoms with Gasteiger partial charge in [0.25, 0.3) is 11.8 Å². The standard InChI is InChI=1S/C24H24N4O4/c29-21(30)16-24(13-7-8-14-24)26-23(32)19-15-20(25-22(31)17-9-3-1-4-10-17)28(27-19)18-11-5-2-6-12-18/h1-6,9-12,15H,7-8,13-14,16H2,(H,25,31)(H,26,32)(H,29,30). The average Bonchev–Trinajstić information content (AvgIpc) is 3.42. The lowest BCUT2D eigenvalue weighted by Gasteiger charge is -2.28. The molecule has 0 bridgehead atoms. The highest BCUT2D eigenvalue weighted by molar-refractivity contribution is 6.04. The fraction of sp³-hybridized carbons (Fsp3) is 0.250. The Labute approximate surface area is 185 Å². The van der Waals surface area contributed by atoms with Gasteiger partial charge >= 0.3 is 5.97 Å². The van der Waals surface area contributed by atoms with Gasteiger partial charge in [0.05, 0.1) is 17.6 Å². The van der Waals surface area contributed by atoms with Gasteiger partial charge in [0, 0.05) is 11.6 Å². The normalized spacial score (nSPS) is 14.6. The Morgan fingerprint density at radius 3 is 2.19 bits per heavy atom. The summed E-state index contributed by atoms with van der Waals surface area (Å²) in [6.07, 6.45) is 2.83. The van der Waals surface area contributed by atoms with Gasteiger partial charge < -0.3 is 15.7 Å². The minimum absolute atomic E-state index is 0.105. The third-order valence-electron chi connectivity index (χ3n) is 5.65. The minimum atomic E-state index is -0.946. The molecule has 1 aliphatic rings. The molecule has 0 saturated heterocycles. The number of para-hydroxylation sites is 1. The molecular weight excluding hydrogens is 408 g/mol. The maximum atomic E-state index is 13.0. The van der Waals surface area contributed by atoms with E-state index in [0.29, 0.717) is 29.9 Å². The predicted octanol–water partition coefficient (Wildman–Crippen LogP) is 3.64. The maximum absolute atomic E-state index is 13.0. The minimum Gasteiger partial charge on any atom is -0.481 e. The van der Waals surface area contributed by atoms with Gasteiger partial charge in [0.15, 0.2) is 5.69 Å². The topological polar surface area (TPSA) is 113 Å². The molecule has 1 fully saturated rings. The Morgan fingerprint density at radius 1 is 0.938 bits per heavy atom. The van der Waals surface area contributed by atoms with Gasteiger partial charge in [-0.15, -0.1) is 0 Å². The van der Waals surface area contributed by atoms with Crippen LogP contribution in [0, 0.1) is 0 Å². The van der Waals surface area contributed by atoms with E-state index < -0.39 is 17.4 Å². The largest absolute Gasteiger partial charge is 0.481 e. The molecule has 2 amide bonds. The molecule has 4 rings (SSSR count). The van der Waals surface area contributed by atoms with Crippen LogP contribution >= 0.6 is 0 Å². The van der Waals surface area contributed by atoms with Gasteiger partial charge in [-0.2, -0.15) is 5.10 Å². The van der Waals surface area contributed by atoms with Crippen molar-refractivity contribution in [3.05, 3.63) is 78.0 Å². The molecule has 1 heterocycles. The molecule has 0 spiro atoms. The zero-order valence-corrected chi connectivity index (χ0v) is 17.5. The lowest BCUT2D eigenvalue weighted by molar-refractivity contribution is -0.138.